The highest BCUT2D eigenvalue weighted by molar-refractivity contribution is 7.12. The second-order valence-electron chi connectivity index (χ2n) is 4.91. The lowest BCUT2D eigenvalue weighted by Gasteiger charge is -2.01. The Morgan fingerprint density at radius 1 is 1.30 bits per heavy atom. The molecule has 2 heterocycles. The monoisotopic (exact) mass is 338 g/mol. The molecule has 3 rings (SSSR count). The van der Waals surface area contributed by atoms with Gasteiger partial charge in [0.2, 0.25) is 0 Å². The molecule has 3 nitrogen and oxygen atoms in total. The van der Waals surface area contributed by atoms with Crippen molar-refractivity contribution in [1.29, 1.82) is 5.26 Å². The van der Waals surface area contributed by atoms with Crippen LogP contribution < -0.4 is 4.74 Å². The van der Waals surface area contributed by atoms with Crippen LogP contribution in [0.25, 0.3) is 22.9 Å². The van der Waals surface area contributed by atoms with Gasteiger partial charge in [0, 0.05) is 15.8 Å². The van der Waals surface area contributed by atoms with E-state index in [0.29, 0.717) is 5.57 Å². The maximum Gasteiger partial charge on any atom is 0.134 e. The van der Waals surface area contributed by atoms with Crippen LogP contribution in [0.5, 0.6) is 5.75 Å². The van der Waals surface area contributed by atoms with Gasteiger partial charge in [0.1, 0.15) is 16.8 Å². The third-order valence-corrected chi connectivity index (χ3v) is 5.24. The van der Waals surface area contributed by atoms with E-state index in [-0.39, 0.29) is 0 Å². The van der Waals surface area contributed by atoms with Crippen molar-refractivity contribution < 1.29 is 4.74 Å². The Morgan fingerprint density at radius 3 is 2.87 bits per heavy atom. The average molecular weight is 338 g/mol. The standard InChI is InChI=1S/C18H14N2OS2/c1-12-6-7-22-17(12)9-14(10-19)18-20-16(11-23-18)13-4-3-5-15(8-13)21-2/h3-9,11H,1-2H3. The topological polar surface area (TPSA) is 45.9 Å². The SMILES string of the molecule is COc1cccc(-c2csc(C(C#N)=Cc3sccc3C)n2)c1. The van der Waals surface area contributed by atoms with Gasteiger partial charge in [0.15, 0.2) is 0 Å². The molecule has 0 unspecified atom stereocenters. The first-order valence-electron chi connectivity index (χ1n) is 6.97. The van der Waals surface area contributed by atoms with Crippen LogP contribution in [0.1, 0.15) is 15.4 Å². The maximum atomic E-state index is 9.46. The Bertz CT molecular complexity index is 900. The molecule has 0 saturated heterocycles. The van der Waals surface area contributed by atoms with Crippen molar-refractivity contribution in [1.82, 2.24) is 4.98 Å². The third-order valence-electron chi connectivity index (χ3n) is 3.40. The predicted molar refractivity (Wildman–Crippen MR) is 96.6 cm³/mol. The number of benzene rings is 1. The molecule has 23 heavy (non-hydrogen) atoms. The number of hydrogen-bond acceptors (Lipinski definition) is 5. The van der Waals surface area contributed by atoms with Gasteiger partial charge in [-0.3, -0.25) is 0 Å². The lowest BCUT2D eigenvalue weighted by molar-refractivity contribution is 0.415. The van der Waals surface area contributed by atoms with Gasteiger partial charge in [-0.15, -0.1) is 22.7 Å². The van der Waals surface area contributed by atoms with Gasteiger partial charge < -0.3 is 4.74 Å². The summed E-state index contributed by atoms with van der Waals surface area (Å²) >= 11 is 3.11. The summed E-state index contributed by atoms with van der Waals surface area (Å²) in [4.78, 5) is 5.71. The van der Waals surface area contributed by atoms with Crippen LogP contribution in [0.3, 0.4) is 0 Å². The van der Waals surface area contributed by atoms with Crippen LogP contribution in [-0.4, -0.2) is 12.1 Å². The molecule has 0 spiro atoms. The lowest BCUT2D eigenvalue weighted by atomic mass is 10.1. The van der Waals surface area contributed by atoms with E-state index in [1.54, 1.807) is 18.4 Å². The molecule has 0 fully saturated rings. The molecule has 0 bridgehead atoms. The van der Waals surface area contributed by atoms with Gasteiger partial charge in [-0.05, 0) is 42.1 Å². The molecule has 0 N–H and O–H groups in total. The van der Waals surface area contributed by atoms with E-state index in [9.17, 15) is 5.26 Å². The zero-order chi connectivity index (χ0) is 16.2. The quantitative estimate of drug-likeness (QED) is 0.610. The van der Waals surface area contributed by atoms with Crippen LogP contribution in [-0.2, 0) is 0 Å². The van der Waals surface area contributed by atoms with E-state index in [0.717, 1.165) is 26.9 Å². The minimum absolute atomic E-state index is 0.592. The lowest BCUT2D eigenvalue weighted by Crippen LogP contribution is -1.85. The molecule has 0 aliphatic carbocycles. The Labute approximate surface area is 143 Å². The number of allylic oxidation sites excluding steroid dienone is 1. The maximum absolute atomic E-state index is 9.46. The number of aromatic nitrogens is 1. The van der Waals surface area contributed by atoms with Crippen molar-refractivity contribution in [3.63, 3.8) is 0 Å². The highest BCUT2D eigenvalue weighted by Crippen LogP contribution is 2.30. The van der Waals surface area contributed by atoms with Gasteiger partial charge in [-0.2, -0.15) is 5.26 Å². The summed E-state index contributed by atoms with van der Waals surface area (Å²) in [5.74, 6) is 0.794. The first-order valence-corrected chi connectivity index (χ1v) is 8.73. The molecule has 0 amide bonds. The Morgan fingerprint density at radius 2 is 2.17 bits per heavy atom. The van der Waals surface area contributed by atoms with E-state index < -0.39 is 0 Å². The summed E-state index contributed by atoms with van der Waals surface area (Å²) < 4.78 is 5.25. The zero-order valence-corrected chi connectivity index (χ0v) is 14.4. The number of nitrogens with zero attached hydrogens (tertiary/aromatic N) is 2. The third kappa shape index (κ3) is 3.34. The van der Waals surface area contributed by atoms with E-state index in [2.05, 4.69) is 17.1 Å². The fourth-order valence-corrected chi connectivity index (χ4v) is 3.77. The smallest absolute Gasteiger partial charge is 0.134 e. The molecule has 114 valence electrons. The van der Waals surface area contributed by atoms with Crippen LogP contribution >= 0.6 is 22.7 Å². The summed E-state index contributed by atoms with van der Waals surface area (Å²) in [5.41, 5.74) is 3.60. The van der Waals surface area contributed by atoms with Gasteiger partial charge >= 0.3 is 0 Å². The number of methoxy groups -OCH3 is 1. The molecule has 2 aromatic heterocycles. The summed E-state index contributed by atoms with van der Waals surface area (Å²) in [6, 6.07) is 12.1. The highest BCUT2D eigenvalue weighted by atomic mass is 32.1. The summed E-state index contributed by atoms with van der Waals surface area (Å²) in [6.45, 7) is 2.04. The molecule has 1 aromatic carbocycles. The summed E-state index contributed by atoms with van der Waals surface area (Å²) in [5, 5.41) is 14.2. The minimum Gasteiger partial charge on any atom is -0.497 e. The van der Waals surface area contributed by atoms with Crippen LogP contribution in [0.2, 0.25) is 0 Å². The van der Waals surface area contributed by atoms with Crippen molar-refractivity contribution in [3.05, 3.63) is 56.5 Å². The van der Waals surface area contributed by atoms with E-state index in [4.69, 9.17) is 4.74 Å². The number of aryl methyl sites for hydroxylation is 1. The summed E-state index contributed by atoms with van der Waals surface area (Å²) in [7, 11) is 1.64. The molecular formula is C18H14N2OS2. The Hall–Kier alpha value is -2.42. The molecule has 0 aliphatic rings. The highest BCUT2D eigenvalue weighted by Gasteiger charge is 2.10. The Balaban J connectivity index is 1.96. The van der Waals surface area contributed by atoms with E-state index >= 15 is 0 Å². The van der Waals surface area contributed by atoms with Crippen LogP contribution in [0.4, 0.5) is 0 Å². The van der Waals surface area contributed by atoms with Crippen molar-refractivity contribution in [2.24, 2.45) is 0 Å². The molecular weight excluding hydrogens is 324 g/mol. The zero-order valence-electron chi connectivity index (χ0n) is 12.7. The first-order chi connectivity index (χ1) is 11.2. The van der Waals surface area contributed by atoms with Crippen molar-refractivity contribution in [2.75, 3.05) is 7.11 Å². The first kappa shape index (κ1) is 15.5. The molecule has 3 aromatic rings. The normalized spacial score (nSPS) is 11.3. The van der Waals surface area contributed by atoms with Gasteiger partial charge in [0.05, 0.1) is 18.4 Å². The second-order valence-corrected chi connectivity index (χ2v) is 6.71. The van der Waals surface area contributed by atoms with Crippen LogP contribution in [0.15, 0.2) is 41.1 Å². The second kappa shape index (κ2) is 6.78. The number of nitriles is 1. The predicted octanol–water partition coefficient (Wildman–Crippen LogP) is 5.25. The largest absolute Gasteiger partial charge is 0.497 e. The van der Waals surface area contributed by atoms with Crippen molar-refractivity contribution in [3.8, 4) is 23.1 Å². The summed E-state index contributed by atoms with van der Waals surface area (Å²) in [6.07, 6.45) is 1.91. The fourth-order valence-electron chi connectivity index (χ4n) is 2.12. The minimum atomic E-state index is 0.592. The number of hydrogen-bond donors (Lipinski definition) is 0. The molecule has 0 radical (unpaired) electrons. The molecule has 0 atom stereocenters. The molecule has 0 saturated carbocycles. The van der Waals surface area contributed by atoms with Crippen LogP contribution in [0, 0.1) is 18.3 Å². The number of ether oxygens (including phenoxy) is 1. The van der Waals surface area contributed by atoms with Gasteiger partial charge in [0.25, 0.3) is 0 Å². The number of thiophene rings is 1. The molecule has 0 aliphatic heterocycles. The van der Waals surface area contributed by atoms with Gasteiger partial charge in [-0.1, -0.05) is 12.1 Å². The molecule has 5 heteroatoms. The van der Waals surface area contributed by atoms with Crippen molar-refractivity contribution >= 4 is 34.3 Å². The van der Waals surface area contributed by atoms with Gasteiger partial charge in [-0.25, -0.2) is 4.98 Å². The van der Waals surface area contributed by atoms with E-state index in [1.165, 1.54) is 16.9 Å². The number of rotatable bonds is 4. The van der Waals surface area contributed by atoms with Crippen molar-refractivity contribution in [2.45, 2.75) is 6.92 Å². The number of thiazole rings is 1. The Kier molecular flexibility index (Phi) is 4.56. The average Bonchev–Trinajstić information content (AvgIpc) is 3.22. The van der Waals surface area contributed by atoms with E-state index in [1.807, 2.05) is 48.0 Å². The fraction of sp³-hybridized carbons (Fsp3) is 0.111.